The molecule has 0 saturated carbocycles. The second kappa shape index (κ2) is 7.95. The number of amides is 1. The highest BCUT2D eigenvalue weighted by atomic mass is 16.5. The molecular weight excluding hydrogens is 374 g/mol. The minimum Gasteiger partial charge on any atom is -0.507 e. The van der Waals surface area contributed by atoms with Crippen LogP contribution in [0.1, 0.15) is 41.5 Å². The number of hydrogen-bond donors (Lipinski definition) is 2. The highest BCUT2D eigenvalue weighted by Gasteiger charge is 2.33. The Morgan fingerprint density at radius 2 is 1.59 bits per heavy atom. The molecule has 0 atom stereocenters. The smallest absolute Gasteiger partial charge is 0.311 e. The summed E-state index contributed by atoms with van der Waals surface area (Å²) >= 11 is 0. The number of benzene rings is 2. The van der Waals surface area contributed by atoms with Crippen molar-refractivity contribution in [3.8, 4) is 17.2 Å². The number of ether oxygens (including phenoxy) is 2. The number of esters is 2. The zero-order valence-corrected chi connectivity index (χ0v) is 15.8. The van der Waals surface area contributed by atoms with Crippen molar-refractivity contribution in [1.82, 2.24) is 5.32 Å². The van der Waals surface area contributed by atoms with Crippen LogP contribution in [-0.4, -0.2) is 23.0 Å². The van der Waals surface area contributed by atoms with Crippen molar-refractivity contribution in [2.75, 3.05) is 0 Å². The lowest BCUT2D eigenvalue weighted by Crippen LogP contribution is -2.25. The van der Waals surface area contributed by atoms with E-state index in [4.69, 9.17) is 9.47 Å². The van der Waals surface area contributed by atoms with Gasteiger partial charge in [-0.15, -0.1) is 0 Å². The average Bonchev–Trinajstić information content (AvgIpc) is 2.72. The number of phenolic OH excluding ortho intramolecular Hbond substituents is 1. The quantitative estimate of drug-likeness (QED) is 0.595. The minimum atomic E-state index is -0.409. The second-order valence-electron chi connectivity index (χ2n) is 7.15. The van der Waals surface area contributed by atoms with E-state index in [1.165, 1.54) is 0 Å². The predicted octanol–water partition coefficient (Wildman–Crippen LogP) is 2.34. The fraction of sp³-hybridized carbons (Fsp3) is 0.318. The topological polar surface area (TPSA) is 102 Å². The number of nitrogens with one attached hydrogen (secondary N) is 1. The molecule has 0 bridgehead atoms. The highest BCUT2D eigenvalue weighted by molar-refractivity contribution is 5.83. The van der Waals surface area contributed by atoms with E-state index in [1.807, 2.05) is 30.3 Å². The van der Waals surface area contributed by atoms with Gasteiger partial charge in [-0.25, -0.2) is 0 Å². The summed E-state index contributed by atoms with van der Waals surface area (Å²) in [6.45, 7) is 0.416. The standard InChI is InChI=1S/C22H21NO6/c24-17(23-12-13-4-2-1-3-5-13)9-6-14-20(27)15-7-10-18(25)28-22(15)16-8-11-19(26)29-21(14)16/h1-5,27H,6-12H2,(H,23,24). The highest BCUT2D eigenvalue weighted by Crippen LogP contribution is 2.47. The number of phenols is 1. The Balaban J connectivity index is 1.54. The van der Waals surface area contributed by atoms with Gasteiger partial charge in [0.25, 0.3) is 0 Å². The van der Waals surface area contributed by atoms with E-state index in [1.54, 1.807) is 0 Å². The lowest BCUT2D eigenvalue weighted by molar-refractivity contribution is -0.135. The van der Waals surface area contributed by atoms with E-state index in [9.17, 15) is 19.5 Å². The van der Waals surface area contributed by atoms with Gasteiger partial charge in [0, 0.05) is 29.7 Å². The van der Waals surface area contributed by atoms with Crippen LogP contribution in [0.15, 0.2) is 30.3 Å². The molecule has 0 aliphatic carbocycles. The van der Waals surface area contributed by atoms with Crippen LogP contribution in [0.3, 0.4) is 0 Å². The molecule has 2 heterocycles. The van der Waals surface area contributed by atoms with Crippen LogP contribution in [0.4, 0.5) is 0 Å². The molecule has 2 aromatic carbocycles. The van der Waals surface area contributed by atoms with Crippen molar-refractivity contribution in [2.45, 2.75) is 45.1 Å². The minimum absolute atomic E-state index is 0.0585. The van der Waals surface area contributed by atoms with E-state index in [2.05, 4.69) is 5.32 Å². The van der Waals surface area contributed by atoms with Crippen LogP contribution >= 0.6 is 0 Å². The Labute approximate surface area is 167 Å². The summed E-state index contributed by atoms with van der Waals surface area (Å²) in [6, 6.07) is 9.56. The van der Waals surface area contributed by atoms with Crippen LogP contribution in [0.25, 0.3) is 0 Å². The summed E-state index contributed by atoms with van der Waals surface area (Å²) in [5, 5.41) is 13.6. The summed E-state index contributed by atoms with van der Waals surface area (Å²) in [4.78, 5) is 35.8. The fourth-order valence-electron chi connectivity index (χ4n) is 3.71. The monoisotopic (exact) mass is 395 g/mol. The average molecular weight is 395 g/mol. The Kier molecular flexibility index (Phi) is 5.20. The summed E-state index contributed by atoms with van der Waals surface area (Å²) in [6.07, 6.45) is 1.42. The Hall–Kier alpha value is -3.35. The molecule has 7 nitrogen and oxygen atoms in total. The molecular formula is C22H21NO6. The van der Waals surface area contributed by atoms with Gasteiger partial charge in [0.05, 0.1) is 12.8 Å². The predicted molar refractivity (Wildman–Crippen MR) is 103 cm³/mol. The molecule has 7 heteroatoms. The van der Waals surface area contributed by atoms with E-state index >= 15 is 0 Å². The molecule has 2 N–H and O–H groups in total. The van der Waals surface area contributed by atoms with Crippen molar-refractivity contribution in [1.29, 1.82) is 0 Å². The molecule has 1 amide bonds. The molecule has 2 aliphatic heterocycles. The van der Waals surface area contributed by atoms with Gasteiger partial charge in [0.1, 0.15) is 17.2 Å². The van der Waals surface area contributed by atoms with Crippen LogP contribution in [0, 0.1) is 0 Å². The maximum Gasteiger partial charge on any atom is 0.311 e. The second-order valence-corrected chi connectivity index (χ2v) is 7.15. The number of hydrogen-bond acceptors (Lipinski definition) is 6. The first-order chi connectivity index (χ1) is 14.0. The lowest BCUT2D eigenvalue weighted by atomic mass is 9.90. The van der Waals surface area contributed by atoms with Crippen molar-refractivity contribution in [3.63, 3.8) is 0 Å². The van der Waals surface area contributed by atoms with E-state index in [0.717, 1.165) is 5.56 Å². The van der Waals surface area contributed by atoms with Gasteiger partial charge < -0.3 is 19.9 Å². The maximum absolute atomic E-state index is 12.3. The normalized spacial score (nSPS) is 15.0. The lowest BCUT2D eigenvalue weighted by Gasteiger charge is -2.27. The molecule has 2 aliphatic rings. The zero-order chi connectivity index (χ0) is 20.4. The van der Waals surface area contributed by atoms with Crippen molar-refractivity contribution < 1.29 is 29.0 Å². The number of rotatable bonds is 5. The van der Waals surface area contributed by atoms with Gasteiger partial charge in [-0.1, -0.05) is 30.3 Å². The summed E-state index contributed by atoms with van der Waals surface area (Å²) in [7, 11) is 0. The number of aromatic hydroxyl groups is 1. The maximum atomic E-state index is 12.3. The Morgan fingerprint density at radius 3 is 2.31 bits per heavy atom. The van der Waals surface area contributed by atoms with Gasteiger partial charge in [-0.3, -0.25) is 14.4 Å². The molecule has 0 spiro atoms. The van der Waals surface area contributed by atoms with Gasteiger partial charge in [-0.2, -0.15) is 0 Å². The summed E-state index contributed by atoms with van der Waals surface area (Å²) < 4.78 is 10.7. The molecule has 2 aromatic rings. The van der Waals surface area contributed by atoms with Crippen molar-refractivity contribution in [3.05, 3.63) is 52.6 Å². The van der Waals surface area contributed by atoms with Crippen molar-refractivity contribution >= 4 is 17.8 Å². The van der Waals surface area contributed by atoms with Gasteiger partial charge in [0.2, 0.25) is 5.91 Å². The third kappa shape index (κ3) is 3.94. The molecule has 0 radical (unpaired) electrons. The van der Waals surface area contributed by atoms with Crippen molar-refractivity contribution in [2.24, 2.45) is 0 Å². The number of fused-ring (bicyclic) bond motifs is 3. The van der Waals surface area contributed by atoms with Gasteiger partial charge in [-0.05, 0) is 24.8 Å². The Bertz CT molecular complexity index is 983. The van der Waals surface area contributed by atoms with E-state index < -0.39 is 5.97 Å². The van der Waals surface area contributed by atoms with E-state index in [-0.39, 0.29) is 49.1 Å². The largest absolute Gasteiger partial charge is 0.507 e. The third-order valence-electron chi connectivity index (χ3n) is 5.19. The molecule has 150 valence electrons. The first kappa shape index (κ1) is 19.0. The summed E-state index contributed by atoms with van der Waals surface area (Å²) in [5.74, 6) is -0.482. The molecule has 4 rings (SSSR count). The molecule has 0 aromatic heterocycles. The first-order valence-corrected chi connectivity index (χ1v) is 9.64. The van der Waals surface area contributed by atoms with Gasteiger partial charge >= 0.3 is 11.9 Å². The number of carbonyl (C=O) groups excluding carboxylic acids is 3. The van der Waals surface area contributed by atoms with Crippen LogP contribution in [-0.2, 0) is 40.2 Å². The zero-order valence-electron chi connectivity index (χ0n) is 15.8. The summed E-state index contributed by atoms with van der Waals surface area (Å²) in [5.41, 5.74) is 2.57. The molecule has 0 fully saturated rings. The first-order valence-electron chi connectivity index (χ1n) is 9.64. The van der Waals surface area contributed by atoms with Crippen LogP contribution in [0.2, 0.25) is 0 Å². The Morgan fingerprint density at radius 1 is 0.931 bits per heavy atom. The van der Waals surface area contributed by atoms with Crippen LogP contribution in [0.5, 0.6) is 17.2 Å². The third-order valence-corrected chi connectivity index (χ3v) is 5.19. The van der Waals surface area contributed by atoms with E-state index in [0.29, 0.717) is 41.8 Å². The molecule has 0 unspecified atom stereocenters. The van der Waals surface area contributed by atoms with Crippen LogP contribution < -0.4 is 14.8 Å². The molecule has 29 heavy (non-hydrogen) atoms. The molecule has 0 saturated heterocycles. The fourth-order valence-corrected chi connectivity index (χ4v) is 3.71. The SMILES string of the molecule is O=C(CCc1c(O)c2c(c3c1OC(=O)CC3)OC(=O)CC2)NCc1ccccc1. The van der Waals surface area contributed by atoms with Gasteiger partial charge in [0.15, 0.2) is 0 Å². The number of carbonyl (C=O) groups is 3.